The van der Waals surface area contributed by atoms with Gasteiger partial charge in [0.1, 0.15) is 0 Å². The van der Waals surface area contributed by atoms with Crippen LogP contribution in [0.15, 0.2) is 97.1 Å². The number of hydrogen-bond donors (Lipinski definition) is 2. The average molecular weight is 515 g/mol. The zero-order valence-electron chi connectivity index (χ0n) is 18.9. The van der Waals surface area contributed by atoms with E-state index in [1.54, 1.807) is 34.1 Å². The summed E-state index contributed by atoms with van der Waals surface area (Å²) in [5.74, 6) is 0. The molecule has 2 heterocycles. The number of nitrogens with zero attached hydrogens (tertiary/aromatic N) is 2. The molecule has 4 aromatic carbocycles. The number of nitrogens with one attached hydrogen (secondary N) is 2. The standard InChI is InChI=1S/C28H20Cl2N4O2/c29-17-9-13-19(14-10-17)33-25(21-5-1-3-7-23(21)31-27(33)35)26-22-6-2-4-8-24(22)32-28(36)34(26)20-15-11-18(30)12-16-20/h1-16,25-26H,(H,31,35)(H,32,36). The van der Waals surface area contributed by atoms with Crippen LogP contribution in [0.1, 0.15) is 23.2 Å². The summed E-state index contributed by atoms with van der Waals surface area (Å²) in [7, 11) is 0. The number of hydrogen-bond acceptors (Lipinski definition) is 2. The fourth-order valence-electron chi connectivity index (χ4n) is 5.00. The third-order valence-corrected chi connectivity index (χ3v) is 7.05. The van der Waals surface area contributed by atoms with Gasteiger partial charge in [-0.2, -0.15) is 0 Å². The maximum atomic E-state index is 13.6. The molecule has 2 aliphatic rings. The number of anilines is 4. The molecular weight excluding hydrogens is 495 g/mol. The number of amides is 4. The van der Waals surface area contributed by atoms with Crippen LogP contribution in [0, 0.1) is 0 Å². The summed E-state index contributed by atoms with van der Waals surface area (Å²) in [4.78, 5) is 30.6. The molecule has 4 amide bonds. The van der Waals surface area contributed by atoms with Crippen molar-refractivity contribution in [2.24, 2.45) is 0 Å². The van der Waals surface area contributed by atoms with E-state index in [1.165, 1.54) is 0 Å². The molecule has 178 valence electrons. The number of halogens is 2. The molecule has 0 saturated heterocycles. The normalized spacial score (nSPS) is 18.7. The van der Waals surface area contributed by atoms with Crippen LogP contribution >= 0.6 is 23.2 Å². The quantitative estimate of drug-likeness (QED) is 0.292. The molecule has 2 aliphatic heterocycles. The molecule has 0 fully saturated rings. The number of para-hydroxylation sites is 2. The van der Waals surface area contributed by atoms with Gasteiger partial charge in [-0.05, 0) is 60.7 Å². The highest BCUT2D eigenvalue weighted by atomic mass is 35.5. The molecule has 8 heteroatoms. The van der Waals surface area contributed by atoms with Crippen molar-refractivity contribution in [3.8, 4) is 0 Å². The van der Waals surface area contributed by atoms with Crippen molar-refractivity contribution in [3.63, 3.8) is 0 Å². The Hall–Kier alpha value is -4.00. The second kappa shape index (κ2) is 8.90. The van der Waals surface area contributed by atoms with E-state index in [0.717, 1.165) is 11.1 Å². The van der Waals surface area contributed by atoms with Gasteiger partial charge in [0, 0.05) is 43.9 Å². The fourth-order valence-corrected chi connectivity index (χ4v) is 5.25. The molecule has 0 bridgehead atoms. The van der Waals surface area contributed by atoms with Crippen LogP contribution in [0.4, 0.5) is 32.3 Å². The van der Waals surface area contributed by atoms with Crippen LogP contribution in [-0.4, -0.2) is 12.1 Å². The monoisotopic (exact) mass is 514 g/mol. The molecule has 2 N–H and O–H groups in total. The van der Waals surface area contributed by atoms with Gasteiger partial charge in [-0.3, -0.25) is 9.80 Å². The van der Waals surface area contributed by atoms with E-state index in [9.17, 15) is 9.59 Å². The van der Waals surface area contributed by atoms with Crippen molar-refractivity contribution < 1.29 is 9.59 Å². The van der Waals surface area contributed by atoms with E-state index in [4.69, 9.17) is 23.2 Å². The maximum Gasteiger partial charge on any atom is 0.326 e. The Labute approximate surface area is 218 Å². The van der Waals surface area contributed by atoms with Crippen molar-refractivity contribution >= 4 is 58.0 Å². The van der Waals surface area contributed by atoms with E-state index in [1.807, 2.05) is 72.8 Å². The number of fused-ring (bicyclic) bond motifs is 2. The molecule has 6 rings (SSSR count). The van der Waals surface area contributed by atoms with Crippen molar-refractivity contribution in [1.82, 2.24) is 0 Å². The number of benzene rings is 4. The van der Waals surface area contributed by atoms with Crippen LogP contribution in [0.25, 0.3) is 0 Å². The molecule has 2 unspecified atom stereocenters. The first-order chi connectivity index (χ1) is 17.5. The number of rotatable bonds is 3. The Morgan fingerprint density at radius 3 is 1.28 bits per heavy atom. The summed E-state index contributed by atoms with van der Waals surface area (Å²) >= 11 is 12.3. The summed E-state index contributed by atoms with van der Waals surface area (Å²) in [6.45, 7) is 0. The van der Waals surface area contributed by atoms with Gasteiger partial charge in [0.25, 0.3) is 0 Å². The lowest BCUT2D eigenvalue weighted by atomic mass is 9.86. The molecule has 0 radical (unpaired) electrons. The Morgan fingerprint density at radius 2 is 0.889 bits per heavy atom. The zero-order chi connectivity index (χ0) is 24.8. The molecule has 2 atom stereocenters. The molecular formula is C28H20Cl2N4O2. The van der Waals surface area contributed by atoms with E-state index in [0.29, 0.717) is 32.8 Å². The summed E-state index contributed by atoms with van der Waals surface area (Å²) in [5.41, 5.74) is 4.52. The molecule has 6 nitrogen and oxygen atoms in total. The number of carbonyl (C=O) groups excluding carboxylic acids is 2. The molecule has 0 spiro atoms. The number of carbonyl (C=O) groups is 2. The highest BCUT2D eigenvalue weighted by Gasteiger charge is 2.46. The van der Waals surface area contributed by atoms with Crippen LogP contribution < -0.4 is 20.4 Å². The summed E-state index contributed by atoms with van der Waals surface area (Å²) in [6.07, 6.45) is 0. The van der Waals surface area contributed by atoms with Crippen LogP contribution in [0.5, 0.6) is 0 Å². The van der Waals surface area contributed by atoms with Crippen molar-refractivity contribution in [1.29, 1.82) is 0 Å². The Balaban J connectivity index is 1.62. The first-order valence-electron chi connectivity index (χ1n) is 11.4. The lowest BCUT2D eigenvalue weighted by Crippen LogP contribution is -2.52. The minimum absolute atomic E-state index is 0.291. The average Bonchev–Trinajstić information content (AvgIpc) is 2.88. The van der Waals surface area contributed by atoms with Crippen molar-refractivity contribution in [2.45, 2.75) is 12.1 Å². The topological polar surface area (TPSA) is 64.7 Å². The second-order valence-electron chi connectivity index (χ2n) is 8.62. The molecule has 4 aromatic rings. The van der Waals surface area contributed by atoms with Crippen LogP contribution in [-0.2, 0) is 0 Å². The zero-order valence-corrected chi connectivity index (χ0v) is 20.4. The van der Waals surface area contributed by atoms with Gasteiger partial charge in [-0.15, -0.1) is 0 Å². The van der Waals surface area contributed by atoms with Gasteiger partial charge in [-0.25, -0.2) is 9.59 Å². The van der Waals surface area contributed by atoms with Gasteiger partial charge in [0.2, 0.25) is 0 Å². The van der Waals surface area contributed by atoms with E-state index in [2.05, 4.69) is 10.6 Å². The van der Waals surface area contributed by atoms with E-state index in [-0.39, 0.29) is 12.1 Å². The van der Waals surface area contributed by atoms with Crippen LogP contribution in [0.2, 0.25) is 10.0 Å². The highest BCUT2D eigenvalue weighted by Crippen LogP contribution is 2.50. The summed E-state index contributed by atoms with van der Waals surface area (Å²) in [6, 6.07) is 27.9. The smallest absolute Gasteiger partial charge is 0.307 e. The predicted molar refractivity (Wildman–Crippen MR) is 144 cm³/mol. The van der Waals surface area contributed by atoms with Crippen LogP contribution in [0.3, 0.4) is 0 Å². The Morgan fingerprint density at radius 1 is 0.528 bits per heavy atom. The number of urea groups is 2. The molecule has 0 saturated carbocycles. The maximum absolute atomic E-state index is 13.6. The first-order valence-corrected chi connectivity index (χ1v) is 12.2. The second-order valence-corrected chi connectivity index (χ2v) is 9.49. The van der Waals surface area contributed by atoms with E-state index < -0.39 is 12.1 Å². The molecule has 0 aliphatic carbocycles. The molecule has 0 aromatic heterocycles. The lowest BCUT2D eigenvalue weighted by Gasteiger charge is -2.47. The van der Waals surface area contributed by atoms with Crippen molar-refractivity contribution in [3.05, 3.63) is 118 Å². The first kappa shape index (κ1) is 22.5. The Bertz CT molecular complexity index is 1360. The summed E-state index contributed by atoms with van der Waals surface area (Å²) in [5, 5.41) is 7.15. The minimum Gasteiger partial charge on any atom is -0.307 e. The van der Waals surface area contributed by atoms with Crippen molar-refractivity contribution in [2.75, 3.05) is 20.4 Å². The van der Waals surface area contributed by atoms with E-state index >= 15 is 0 Å². The SMILES string of the molecule is O=C1Nc2ccccc2C(C2c3ccccc3NC(=O)N2c2ccc(Cl)cc2)N1c1ccc(Cl)cc1. The summed E-state index contributed by atoms with van der Waals surface area (Å²) < 4.78 is 0. The highest BCUT2D eigenvalue weighted by molar-refractivity contribution is 6.31. The third-order valence-electron chi connectivity index (χ3n) is 6.54. The largest absolute Gasteiger partial charge is 0.326 e. The predicted octanol–water partition coefficient (Wildman–Crippen LogP) is 7.88. The van der Waals surface area contributed by atoms with Gasteiger partial charge < -0.3 is 10.6 Å². The minimum atomic E-state index is -0.543. The third kappa shape index (κ3) is 3.75. The van der Waals surface area contributed by atoms with Gasteiger partial charge in [0.15, 0.2) is 0 Å². The fraction of sp³-hybridized carbons (Fsp3) is 0.0714. The lowest BCUT2D eigenvalue weighted by molar-refractivity contribution is 0.246. The van der Waals surface area contributed by atoms with Gasteiger partial charge >= 0.3 is 12.1 Å². The van der Waals surface area contributed by atoms with Gasteiger partial charge in [0.05, 0.1) is 12.1 Å². The Kier molecular flexibility index (Phi) is 5.55. The molecule has 36 heavy (non-hydrogen) atoms. The van der Waals surface area contributed by atoms with Gasteiger partial charge in [-0.1, -0.05) is 59.6 Å².